The molecule has 0 aliphatic carbocycles. The summed E-state index contributed by atoms with van der Waals surface area (Å²) >= 11 is 1.88. The van der Waals surface area contributed by atoms with Gasteiger partial charge in [-0.3, -0.25) is 4.90 Å². The Balaban J connectivity index is 1.79. The second-order valence-electron chi connectivity index (χ2n) is 5.70. The zero-order chi connectivity index (χ0) is 15.0. The van der Waals surface area contributed by atoms with Crippen molar-refractivity contribution in [3.05, 3.63) is 51.5 Å². The molecular weight excluding hydrogens is 278 g/mol. The monoisotopic (exact) mass is 299 g/mol. The molecule has 0 amide bonds. The number of aromatic amines is 1. The van der Waals surface area contributed by atoms with Gasteiger partial charge in [-0.25, -0.2) is 4.98 Å². The minimum atomic E-state index is 0.375. The zero-order valence-corrected chi connectivity index (χ0v) is 13.8. The highest BCUT2D eigenvalue weighted by Crippen LogP contribution is 2.25. The number of hydrogen-bond donors (Lipinski definition) is 1. The second-order valence-corrected chi connectivity index (χ2v) is 7.07. The molecule has 0 saturated carbocycles. The maximum absolute atomic E-state index is 4.46. The summed E-state index contributed by atoms with van der Waals surface area (Å²) in [4.78, 5) is 13.0. The molecule has 4 heteroatoms. The van der Waals surface area contributed by atoms with Crippen molar-refractivity contribution in [3.8, 4) is 0 Å². The van der Waals surface area contributed by atoms with Crippen molar-refractivity contribution in [2.45, 2.75) is 33.4 Å². The summed E-state index contributed by atoms with van der Waals surface area (Å²) in [6, 6.07) is 11.3. The van der Waals surface area contributed by atoms with Crippen LogP contribution < -0.4 is 0 Å². The van der Waals surface area contributed by atoms with Crippen LogP contribution in [0.5, 0.6) is 0 Å². The number of H-pyrrole nitrogens is 1. The molecule has 0 bridgehead atoms. The van der Waals surface area contributed by atoms with Crippen molar-refractivity contribution < 1.29 is 0 Å². The van der Waals surface area contributed by atoms with E-state index < -0.39 is 0 Å². The van der Waals surface area contributed by atoms with Crippen LogP contribution in [-0.4, -0.2) is 21.9 Å². The van der Waals surface area contributed by atoms with Gasteiger partial charge in [-0.2, -0.15) is 0 Å². The van der Waals surface area contributed by atoms with Gasteiger partial charge in [0.2, 0.25) is 0 Å². The summed E-state index contributed by atoms with van der Waals surface area (Å²) in [5.41, 5.74) is 3.49. The third-order valence-corrected chi connectivity index (χ3v) is 4.95. The van der Waals surface area contributed by atoms with Gasteiger partial charge in [-0.05, 0) is 57.6 Å². The number of fused-ring (bicyclic) bond motifs is 1. The number of rotatable bonds is 4. The van der Waals surface area contributed by atoms with Crippen LogP contribution in [-0.2, 0) is 6.54 Å². The van der Waals surface area contributed by atoms with Crippen molar-refractivity contribution in [1.29, 1.82) is 0 Å². The van der Waals surface area contributed by atoms with Crippen LogP contribution in [0.2, 0.25) is 0 Å². The van der Waals surface area contributed by atoms with Gasteiger partial charge < -0.3 is 4.98 Å². The zero-order valence-electron chi connectivity index (χ0n) is 13.0. The Kier molecular flexibility index (Phi) is 3.83. The summed E-state index contributed by atoms with van der Waals surface area (Å²) in [5, 5.41) is 0. The Labute approximate surface area is 129 Å². The highest BCUT2D eigenvalue weighted by Gasteiger charge is 2.14. The molecule has 0 aliphatic heterocycles. The highest BCUT2D eigenvalue weighted by molar-refractivity contribution is 7.11. The standard InChI is InChI=1S/C17H21N3S/c1-11-5-7-15(21-11)10-20(4)12(2)14-6-8-16-17(9-14)19-13(3)18-16/h5-9,12H,10H2,1-4H3,(H,18,19). The molecule has 21 heavy (non-hydrogen) atoms. The van der Waals surface area contributed by atoms with E-state index in [0.717, 1.165) is 23.4 Å². The number of benzene rings is 1. The smallest absolute Gasteiger partial charge is 0.104 e. The van der Waals surface area contributed by atoms with Gasteiger partial charge in [-0.1, -0.05) is 6.07 Å². The summed E-state index contributed by atoms with van der Waals surface area (Å²) < 4.78 is 0. The summed E-state index contributed by atoms with van der Waals surface area (Å²) in [7, 11) is 2.18. The van der Waals surface area contributed by atoms with Crippen molar-refractivity contribution in [1.82, 2.24) is 14.9 Å². The Bertz CT molecular complexity index is 756. The molecule has 1 atom stereocenters. The van der Waals surface area contributed by atoms with Gasteiger partial charge in [0.05, 0.1) is 11.0 Å². The van der Waals surface area contributed by atoms with E-state index in [1.54, 1.807) is 0 Å². The first-order chi connectivity index (χ1) is 10.0. The van der Waals surface area contributed by atoms with Gasteiger partial charge in [0.25, 0.3) is 0 Å². The third-order valence-electron chi connectivity index (χ3n) is 3.97. The van der Waals surface area contributed by atoms with Gasteiger partial charge in [-0.15, -0.1) is 11.3 Å². The molecule has 2 heterocycles. The van der Waals surface area contributed by atoms with E-state index in [1.165, 1.54) is 15.3 Å². The second kappa shape index (κ2) is 5.62. The quantitative estimate of drug-likeness (QED) is 0.772. The fourth-order valence-electron chi connectivity index (χ4n) is 2.62. The van der Waals surface area contributed by atoms with Gasteiger partial charge in [0.15, 0.2) is 0 Å². The van der Waals surface area contributed by atoms with Crippen LogP contribution in [0.15, 0.2) is 30.3 Å². The lowest BCUT2D eigenvalue weighted by Crippen LogP contribution is -2.21. The van der Waals surface area contributed by atoms with Crippen LogP contribution >= 0.6 is 11.3 Å². The highest BCUT2D eigenvalue weighted by atomic mass is 32.1. The SMILES string of the molecule is Cc1nc2ccc(C(C)N(C)Cc3ccc(C)s3)cc2[nH]1. The van der Waals surface area contributed by atoms with E-state index in [9.17, 15) is 0 Å². The molecular formula is C17H21N3S. The van der Waals surface area contributed by atoms with Crippen molar-refractivity contribution in [3.63, 3.8) is 0 Å². The molecule has 2 aromatic heterocycles. The van der Waals surface area contributed by atoms with Gasteiger partial charge in [0, 0.05) is 22.3 Å². The van der Waals surface area contributed by atoms with E-state index in [4.69, 9.17) is 0 Å². The summed E-state index contributed by atoms with van der Waals surface area (Å²) in [6.45, 7) is 7.39. The van der Waals surface area contributed by atoms with E-state index in [0.29, 0.717) is 6.04 Å². The minimum Gasteiger partial charge on any atom is -0.342 e. The van der Waals surface area contributed by atoms with Crippen LogP contribution in [0, 0.1) is 13.8 Å². The van der Waals surface area contributed by atoms with Crippen LogP contribution in [0.4, 0.5) is 0 Å². The van der Waals surface area contributed by atoms with Crippen molar-refractivity contribution >= 4 is 22.4 Å². The Morgan fingerprint density at radius 1 is 1.24 bits per heavy atom. The fourth-order valence-corrected chi connectivity index (χ4v) is 3.58. The topological polar surface area (TPSA) is 31.9 Å². The molecule has 3 nitrogen and oxygen atoms in total. The Morgan fingerprint density at radius 2 is 2.05 bits per heavy atom. The Hall–Kier alpha value is -1.65. The number of imidazole rings is 1. The molecule has 1 aromatic carbocycles. The van der Waals surface area contributed by atoms with Crippen molar-refractivity contribution in [2.75, 3.05) is 7.05 Å². The number of thiophene rings is 1. The van der Waals surface area contributed by atoms with E-state index in [2.05, 4.69) is 66.1 Å². The molecule has 3 rings (SSSR count). The Morgan fingerprint density at radius 3 is 2.76 bits per heavy atom. The van der Waals surface area contributed by atoms with Gasteiger partial charge >= 0.3 is 0 Å². The lowest BCUT2D eigenvalue weighted by atomic mass is 10.1. The van der Waals surface area contributed by atoms with Crippen LogP contribution in [0.3, 0.4) is 0 Å². The lowest BCUT2D eigenvalue weighted by Gasteiger charge is -2.24. The van der Waals surface area contributed by atoms with E-state index in [1.807, 2.05) is 18.3 Å². The van der Waals surface area contributed by atoms with E-state index >= 15 is 0 Å². The first-order valence-electron chi connectivity index (χ1n) is 7.25. The lowest BCUT2D eigenvalue weighted by molar-refractivity contribution is 0.255. The molecule has 110 valence electrons. The summed E-state index contributed by atoms with van der Waals surface area (Å²) in [5.74, 6) is 0.970. The van der Waals surface area contributed by atoms with Crippen LogP contribution in [0.25, 0.3) is 11.0 Å². The average molecular weight is 299 g/mol. The number of hydrogen-bond acceptors (Lipinski definition) is 3. The normalized spacial score (nSPS) is 13.2. The van der Waals surface area contributed by atoms with Crippen molar-refractivity contribution in [2.24, 2.45) is 0 Å². The average Bonchev–Trinajstić information content (AvgIpc) is 3.01. The number of nitrogens with zero attached hydrogens (tertiary/aromatic N) is 2. The first kappa shape index (κ1) is 14.3. The van der Waals surface area contributed by atoms with Crippen LogP contribution in [0.1, 0.15) is 34.1 Å². The molecule has 0 radical (unpaired) electrons. The largest absolute Gasteiger partial charge is 0.342 e. The molecule has 0 fully saturated rings. The summed E-state index contributed by atoms with van der Waals surface area (Å²) in [6.07, 6.45) is 0. The van der Waals surface area contributed by atoms with E-state index in [-0.39, 0.29) is 0 Å². The first-order valence-corrected chi connectivity index (χ1v) is 8.06. The predicted octanol–water partition coefficient (Wildman–Crippen LogP) is 4.43. The minimum absolute atomic E-state index is 0.375. The fraction of sp³-hybridized carbons (Fsp3) is 0.353. The maximum atomic E-state index is 4.46. The third kappa shape index (κ3) is 3.01. The number of aryl methyl sites for hydroxylation is 2. The molecule has 1 unspecified atom stereocenters. The maximum Gasteiger partial charge on any atom is 0.104 e. The number of aromatic nitrogens is 2. The molecule has 0 aliphatic rings. The molecule has 3 aromatic rings. The number of nitrogens with one attached hydrogen (secondary N) is 1. The molecule has 0 spiro atoms. The predicted molar refractivity (Wildman–Crippen MR) is 89.8 cm³/mol. The van der Waals surface area contributed by atoms with Gasteiger partial charge in [0.1, 0.15) is 5.82 Å². The molecule has 1 N–H and O–H groups in total. The molecule has 0 saturated heterocycles.